The van der Waals surface area contributed by atoms with Gasteiger partial charge in [0.2, 0.25) is 0 Å². The fourth-order valence-electron chi connectivity index (χ4n) is 7.51. The first-order chi connectivity index (χ1) is 27.4. The number of hydrogen-bond acceptors (Lipinski definition) is 9. The summed E-state index contributed by atoms with van der Waals surface area (Å²) in [6.45, 7) is 20.6. The number of amides is 2. The minimum atomic E-state index is -1.29. The Bertz CT molecular complexity index is 2250. The van der Waals surface area contributed by atoms with Crippen LogP contribution in [-0.2, 0) is 20.9 Å². The molecule has 4 aromatic heterocycles. The third-order valence-electron chi connectivity index (χ3n) is 10.4. The van der Waals surface area contributed by atoms with Crippen LogP contribution in [0.2, 0.25) is 25.7 Å². The van der Waals surface area contributed by atoms with Crippen molar-refractivity contribution in [1.82, 2.24) is 39.3 Å². The first-order valence-corrected chi connectivity index (χ1v) is 24.2. The highest BCUT2D eigenvalue weighted by Crippen LogP contribution is 2.37. The molecule has 0 radical (unpaired) electrons. The lowest BCUT2D eigenvalue weighted by Crippen LogP contribution is -2.37. The van der Waals surface area contributed by atoms with Gasteiger partial charge < -0.3 is 23.8 Å². The van der Waals surface area contributed by atoms with E-state index >= 15 is 0 Å². The van der Waals surface area contributed by atoms with Gasteiger partial charge >= 0.3 is 12.2 Å². The predicted molar refractivity (Wildman–Crippen MR) is 228 cm³/mol. The summed E-state index contributed by atoms with van der Waals surface area (Å²) >= 11 is 0. The lowest BCUT2D eigenvalue weighted by Gasteiger charge is -2.29. The van der Waals surface area contributed by atoms with Crippen LogP contribution in [0.1, 0.15) is 91.0 Å². The van der Waals surface area contributed by atoms with Crippen molar-refractivity contribution in [2.75, 3.05) is 19.7 Å². The zero-order valence-corrected chi connectivity index (χ0v) is 36.5. The summed E-state index contributed by atoms with van der Waals surface area (Å²) in [5.41, 5.74) is 3.92. The maximum absolute atomic E-state index is 13.3. The summed E-state index contributed by atoms with van der Waals surface area (Å²) in [6, 6.07) is 13.0. The van der Waals surface area contributed by atoms with E-state index in [9.17, 15) is 9.59 Å². The van der Waals surface area contributed by atoms with E-state index < -0.39 is 19.3 Å². The third kappa shape index (κ3) is 9.61. The van der Waals surface area contributed by atoms with Crippen molar-refractivity contribution in [2.24, 2.45) is 0 Å². The highest BCUT2D eigenvalue weighted by Gasteiger charge is 2.37. The molecular weight excluding hydrogens is 749 g/mol. The molecule has 1 N–H and O–H groups in total. The molecule has 2 fully saturated rings. The van der Waals surface area contributed by atoms with E-state index in [1.165, 1.54) is 0 Å². The maximum Gasteiger partial charge on any atom is 0.410 e. The van der Waals surface area contributed by atoms with Crippen molar-refractivity contribution in [3.05, 3.63) is 72.8 Å². The van der Waals surface area contributed by atoms with Crippen molar-refractivity contribution in [3.8, 4) is 33.9 Å². The molecule has 2 amide bonds. The molecule has 0 saturated carbocycles. The number of aromatic amines is 1. The standard InChI is InChI=1S/C44H58N8O5Si/c1-43(2,3)56-41(53)50-18-10-12-36(50)39-47-26-35(49-39)31-16-17-33(45-24-31)34-23-29-14-15-30(22-32(29)25-46-34)38-27-48-40(52(38)28-55-20-21-58(7,8)9)37-13-11-19-51(37)42(54)57-44(4,5)6/h14-17,22-27,36-37H,10-13,18-21,28H2,1-9H3,(H,47,49)/t36-,37-/m0/s1. The van der Waals surface area contributed by atoms with E-state index in [0.717, 1.165) is 88.1 Å². The van der Waals surface area contributed by atoms with Crippen LogP contribution in [0, 0.1) is 0 Å². The molecule has 14 heteroatoms. The molecule has 0 bridgehead atoms. The fourth-order valence-corrected chi connectivity index (χ4v) is 8.27. The number of ether oxygens (including phenoxy) is 3. The third-order valence-corrected chi connectivity index (χ3v) is 12.1. The van der Waals surface area contributed by atoms with Crippen molar-refractivity contribution in [1.29, 1.82) is 0 Å². The number of nitrogens with zero attached hydrogens (tertiary/aromatic N) is 7. The second-order valence-electron chi connectivity index (χ2n) is 18.7. The van der Waals surface area contributed by atoms with Crippen molar-refractivity contribution in [2.45, 2.75) is 123 Å². The van der Waals surface area contributed by atoms with E-state index in [1.807, 2.05) is 83.4 Å². The summed E-state index contributed by atoms with van der Waals surface area (Å²) in [6.07, 6.45) is 10.2. The number of benzene rings is 1. The second-order valence-corrected chi connectivity index (χ2v) is 24.3. The Labute approximate surface area is 342 Å². The zero-order chi connectivity index (χ0) is 41.4. The average Bonchev–Trinajstić information content (AvgIpc) is 3.98. The van der Waals surface area contributed by atoms with Gasteiger partial charge in [-0.05, 0) is 103 Å². The molecule has 13 nitrogen and oxygen atoms in total. The molecule has 5 aromatic rings. The maximum atomic E-state index is 13.3. The zero-order valence-electron chi connectivity index (χ0n) is 35.5. The van der Waals surface area contributed by atoms with Gasteiger partial charge in [-0.1, -0.05) is 31.8 Å². The summed E-state index contributed by atoms with van der Waals surface area (Å²) < 4.78 is 19.9. The Kier molecular flexibility index (Phi) is 11.5. The van der Waals surface area contributed by atoms with E-state index in [2.05, 4.69) is 53.5 Å². The van der Waals surface area contributed by atoms with E-state index in [-0.39, 0.29) is 24.3 Å². The number of imidazole rings is 2. The largest absolute Gasteiger partial charge is 0.444 e. The number of rotatable bonds is 10. The van der Waals surface area contributed by atoms with E-state index in [0.29, 0.717) is 26.4 Å². The molecule has 1 aromatic carbocycles. The van der Waals surface area contributed by atoms with E-state index in [1.54, 1.807) is 4.90 Å². The van der Waals surface area contributed by atoms with Crippen LogP contribution < -0.4 is 0 Å². The molecule has 0 spiro atoms. The highest BCUT2D eigenvalue weighted by molar-refractivity contribution is 6.76. The Balaban J connectivity index is 1.10. The number of likely N-dealkylation sites (tertiary alicyclic amines) is 2. The molecule has 2 aliphatic heterocycles. The molecule has 0 aliphatic carbocycles. The topological polar surface area (TPSA) is 141 Å². The molecular formula is C44H58N8O5Si. The molecule has 58 heavy (non-hydrogen) atoms. The number of nitrogens with one attached hydrogen (secondary N) is 1. The molecule has 2 atom stereocenters. The van der Waals surface area contributed by atoms with Gasteiger partial charge in [0, 0.05) is 62.9 Å². The van der Waals surface area contributed by atoms with Gasteiger partial charge in [-0.15, -0.1) is 0 Å². The Hall–Kier alpha value is -5.08. The van der Waals surface area contributed by atoms with Gasteiger partial charge in [0.1, 0.15) is 29.6 Å². The average molecular weight is 807 g/mol. The van der Waals surface area contributed by atoms with Gasteiger partial charge in [-0.25, -0.2) is 19.6 Å². The van der Waals surface area contributed by atoms with E-state index in [4.69, 9.17) is 34.1 Å². The summed E-state index contributed by atoms with van der Waals surface area (Å²) in [4.78, 5) is 52.4. The second kappa shape index (κ2) is 16.3. The number of hydrogen-bond donors (Lipinski definition) is 1. The van der Waals surface area contributed by atoms with Crippen molar-refractivity contribution < 1.29 is 23.8 Å². The van der Waals surface area contributed by atoms with Gasteiger partial charge in [-0.2, -0.15) is 0 Å². The monoisotopic (exact) mass is 806 g/mol. The lowest BCUT2D eigenvalue weighted by molar-refractivity contribution is 0.0199. The van der Waals surface area contributed by atoms with Gasteiger partial charge in [0.05, 0.1) is 41.1 Å². The fraction of sp³-hybridized carbons (Fsp3) is 0.500. The smallest absolute Gasteiger partial charge is 0.410 e. The molecule has 7 rings (SSSR count). The predicted octanol–water partition coefficient (Wildman–Crippen LogP) is 10.0. The van der Waals surface area contributed by atoms with Crippen LogP contribution in [0.3, 0.4) is 0 Å². The molecule has 308 valence electrons. The van der Waals surface area contributed by atoms with Crippen LogP contribution >= 0.6 is 0 Å². The number of fused-ring (bicyclic) bond motifs is 1. The summed E-state index contributed by atoms with van der Waals surface area (Å²) in [7, 11) is -1.29. The van der Waals surface area contributed by atoms with Crippen LogP contribution in [0.25, 0.3) is 44.7 Å². The number of carbonyl (C=O) groups excluding carboxylic acids is 2. The van der Waals surface area contributed by atoms with Gasteiger partial charge in [0.25, 0.3) is 0 Å². The Morgan fingerprint density at radius 1 is 0.759 bits per heavy atom. The van der Waals surface area contributed by atoms with Crippen molar-refractivity contribution >= 4 is 31.0 Å². The van der Waals surface area contributed by atoms with Crippen LogP contribution in [0.5, 0.6) is 0 Å². The molecule has 0 unspecified atom stereocenters. The minimum Gasteiger partial charge on any atom is -0.444 e. The minimum absolute atomic E-state index is 0.157. The Morgan fingerprint density at radius 3 is 2.07 bits per heavy atom. The van der Waals surface area contributed by atoms with Crippen LogP contribution in [0.15, 0.2) is 61.2 Å². The summed E-state index contributed by atoms with van der Waals surface area (Å²) in [5.74, 6) is 1.55. The van der Waals surface area contributed by atoms with Crippen molar-refractivity contribution in [3.63, 3.8) is 0 Å². The quantitative estimate of drug-likeness (QED) is 0.108. The SMILES string of the molecule is CC(C)(C)OC(=O)N1CCC[C@H]1c1nc(-c2ccc(-c3cc4ccc(-c5cnc([C@@H]6CCCN6C(=O)OC(C)(C)C)n5COCC[Si](C)(C)C)cc4cn3)nc2)c[nH]1. The number of carbonyl (C=O) groups is 2. The van der Waals surface area contributed by atoms with Gasteiger partial charge in [0.15, 0.2) is 0 Å². The first-order valence-electron chi connectivity index (χ1n) is 20.5. The normalized spacial score (nSPS) is 17.7. The first kappa shape index (κ1) is 41.1. The molecule has 2 aliphatic rings. The number of H-pyrrole nitrogens is 1. The van der Waals surface area contributed by atoms with Crippen LogP contribution in [-0.4, -0.2) is 90.4 Å². The summed E-state index contributed by atoms with van der Waals surface area (Å²) in [5, 5.41) is 2.02. The highest BCUT2D eigenvalue weighted by atomic mass is 28.3. The van der Waals surface area contributed by atoms with Crippen LogP contribution in [0.4, 0.5) is 9.59 Å². The Morgan fingerprint density at radius 2 is 1.41 bits per heavy atom. The molecule has 6 heterocycles. The van der Waals surface area contributed by atoms with Gasteiger partial charge in [-0.3, -0.25) is 19.8 Å². The molecule has 2 saturated heterocycles. The number of aromatic nitrogens is 6. The lowest BCUT2D eigenvalue weighted by atomic mass is 10.1. The number of pyridine rings is 2.